The zero-order chi connectivity index (χ0) is 15.2. The molecule has 0 amide bonds. The number of nitrogens with two attached hydrogens (primary N) is 1. The lowest BCUT2D eigenvalue weighted by Gasteiger charge is -2.09. The number of alkyl halides is 3. The van der Waals surface area contributed by atoms with Crippen molar-refractivity contribution < 1.29 is 13.2 Å². The van der Waals surface area contributed by atoms with Crippen LogP contribution in [0, 0.1) is 5.92 Å². The van der Waals surface area contributed by atoms with E-state index in [4.69, 9.17) is 5.73 Å². The maximum absolute atomic E-state index is 12.9. The van der Waals surface area contributed by atoms with Gasteiger partial charge >= 0.3 is 6.18 Å². The number of rotatable bonds is 3. The summed E-state index contributed by atoms with van der Waals surface area (Å²) >= 11 is 0. The first kappa shape index (κ1) is 13.9. The molecule has 2 aromatic rings. The molecule has 1 aliphatic carbocycles. The number of aryl methyl sites for hydroxylation is 1. The Labute approximate surface area is 119 Å². The minimum absolute atomic E-state index is 0.328. The van der Waals surface area contributed by atoms with Crippen molar-refractivity contribution in [2.75, 3.05) is 5.73 Å². The number of nitrogens with zero attached hydrogens (tertiary/aromatic N) is 3. The van der Waals surface area contributed by atoms with Gasteiger partial charge in [-0.05, 0) is 24.8 Å². The highest BCUT2D eigenvalue weighted by Crippen LogP contribution is 2.36. The van der Waals surface area contributed by atoms with Gasteiger partial charge in [0.15, 0.2) is 0 Å². The zero-order valence-electron chi connectivity index (χ0n) is 11.5. The Bertz CT molecular complexity index is 671. The molecule has 0 saturated heterocycles. The summed E-state index contributed by atoms with van der Waals surface area (Å²) in [5.74, 6) is 1.03. The quantitative estimate of drug-likeness (QED) is 0.947. The number of hydrogen-bond acceptors (Lipinski definition) is 3. The van der Waals surface area contributed by atoms with Crippen LogP contribution in [0.25, 0.3) is 11.3 Å². The molecule has 0 bridgehead atoms. The van der Waals surface area contributed by atoms with Gasteiger partial charge in [0.1, 0.15) is 11.6 Å². The molecule has 0 aromatic carbocycles. The van der Waals surface area contributed by atoms with Gasteiger partial charge in [0.2, 0.25) is 0 Å². The maximum atomic E-state index is 12.9. The molecule has 0 radical (unpaired) electrons. The highest BCUT2D eigenvalue weighted by molar-refractivity contribution is 5.62. The second kappa shape index (κ2) is 4.75. The monoisotopic (exact) mass is 296 g/mol. The summed E-state index contributed by atoms with van der Waals surface area (Å²) in [7, 11) is 1.85. The Kier molecular flexibility index (Phi) is 3.15. The molecular weight excluding hydrogens is 281 g/mol. The third-order valence-electron chi connectivity index (χ3n) is 3.66. The standard InChI is InChI=1S/C14H15F3N4/c1-21-7-11(20-12(21)4-8-2-3-8)9-5-10(14(15,16)17)13(18)19-6-9/h5-8H,2-4H2,1H3,(H2,18,19). The van der Waals surface area contributed by atoms with E-state index in [2.05, 4.69) is 9.97 Å². The molecule has 21 heavy (non-hydrogen) atoms. The fourth-order valence-corrected chi connectivity index (χ4v) is 2.26. The van der Waals surface area contributed by atoms with Gasteiger partial charge < -0.3 is 10.3 Å². The molecule has 112 valence electrons. The van der Waals surface area contributed by atoms with Crippen molar-refractivity contribution in [3.63, 3.8) is 0 Å². The van der Waals surface area contributed by atoms with Crippen LogP contribution in [0.15, 0.2) is 18.5 Å². The molecular formula is C14H15F3N4. The zero-order valence-corrected chi connectivity index (χ0v) is 11.5. The molecule has 0 aliphatic heterocycles. The number of imidazole rings is 1. The van der Waals surface area contributed by atoms with E-state index in [-0.39, 0.29) is 0 Å². The second-order valence-electron chi connectivity index (χ2n) is 5.46. The largest absolute Gasteiger partial charge is 0.419 e. The molecule has 4 nitrogen and oxygen atoms in total. The molecule has 3 rings (SSSR count). The molecule has 0 atom stereocenters. The highest BCUT2D eigenvalue weighted by Gasteiger charge is 2.34. The van der Waals surface area contributed by atoms with E-state index in [1.54, 1.807) is 6.20 Å². The second-order valence-corrected chi connectivity index (χ2v) is 5.46. The molecule has 1 aliphatic rings. The van der Waals surface area contributed by atoms with E-state index in [9.17, 15) is 13.2 Å². The fourth-order valence-electron chi connectivity index (χ4n) is 2.26. The Balaban J connectivity index is 1.96. The van der Waals surface area contributed by atoms with Gasteiger partial charge in [-0.25, -0.2) is 9.97 Å². The summed E-state index contributed by atoms with van der Waals surface area (Å²) < 4.78 is 40.4. The van der Waals surface area contributed by atoms with Crippen LogP contribution in [0.5, 0.6) is 0 Å². The van der Waals surface area contributed by atoms with Gasteiger partial charge in [-0.2, -0.15) is 13.2 Å². The van der Waals surface area contributed by atoms with Gasteiger partial charge in [0, 0.05) is 31.4 Å². The lowest BCUT2D eigenvalue weighted by atomic mass is 10.1. The molecule has 1 saturated carbocycles. The average molecular weight is 296 g/mol. The van der Waals surface area contributed by atoms with Gasteiger partial charge in [-0.3, -0.25) is 0 Å². The number of halogens is 3. The third kappa shape index (κ3) is 2.86. The fraction of sp³-hybridized carbons (Fsp3) is 0.429. The SMILES string of the molecule is Cn1cc(-c2cnc(N)c(C(F)(F)F)c2)nc1CC1CC1. The molecule has 0 spiro atoms. The van der Waals surface area contributed by atoms with Crippen LogP contribution >= 0.6 is 0 Å². The summed E-state index contributed by atoms with van der Waals surface area (Å²) in [6.07, 6.45) is 1.80. The number of aromatic nitrogens is 3. The number of nitrogen functional groups attached to an aromatic ring is 1. The summed E-state index contributed by atoms with van der Waals surface area (Å²) in [5.41, 5.74) is 5.20. The number of pyridine rings is 1. The van der Waals surface area contributed by atoms with Crippen LogP contribution in [0.1, 0.15) is 24.2 Å². The van der Waals surface area contributed by atoms with Crippen LogP contribution in [0.2, 0.25) is 0 Å². The lowest BCUT2D eigenvalue weighted by Crippen LogP contribution is -2.10. The average Bonchev–Trinajstić information content (AvgIpc) is 3.13. The number of hydrogen-bond donors (Lipinski definition) is 1. The third-order valence-corrected chi connectivity index (χ3v) is 3.66. The smallest absolute Gasteiger partial charge is 0.383 e. The Morgan fingerprint density at radius 1 is 1.38 bits per heavy atom. The van der Waals surface area contributed by atoms with E-state index in [1.165, 1.54) is 19.0 Å². The Hall–Kier alpha value is -2.05. The van der Waals surface area contributed by atoms with Crippen molar-refractivity contribution in [3.05, 3.63) is 29.8 Å². The molecule has 2 aromatic heterocycles. The summed E-state index contributed by atoms with van der Waals surface area (Å²) in [4.78, 5) is 8.07. The van der Waals surface area contributed by atoms with Crippen molar-refractivity contribution in [2.24, 2.45) is 13.0 Å². The van der Waals surface area contributed by atoms with E-state index in [1.807, 2.05) is 11.6 Å². The normalized spacial score (nSPS) is 15.4. The van der Waals surface area contributed by atoms with Crippen molar-refractivity contribution in [3.8, 4) is 11.3 Å². The topological polar surface area (TPSA) is 56.7 Å². The Morgan fingerprint density at radius 3 is 2.71 bits per heavy atom. The summed E-state index contributed by atoms with van der Waals surface area (Å²) in [6.45, 7) is 0. The molecule has 7 heteroatoms. The predicted molar refractivity (Wildman–Crippen MR) is 72.3 cm³/mol. The van der Waals surface area contributed by atoms with Crippen molar-refractivity contribution in [2.45, 2.75) is 25.4 Å². The lowest BCUT2D eigenvalue weighted by molar-refractivity contribution is -0.137. The highest BCUT2D eigenvalue weighted by atomic mass is 19.4. The van der Waals surface area contributed by atoms with Crippen LogP contribution in [0.4, 0.5) is 19.0 Å². The first-order valence-electron chi connectivity index (χ1n) is 6.70. The van der Waals surface area contributed by atoms with Crippen LogP contribution in [-0.2, 0) is 19.6 Å². The predicted octanol–water partition coefficient (Wildman–Crippen LogP) is 3.04. The van der Waals surface area contributed by atoms with Crippen molar-refractivity contribution in [1.29, 1.82) is 0 Å². The Morgan fingerprint density at radius 2 is 2.10 bits per heavy atom. The van der Waals surface area contributed by atoms with Gasteiger partial charge in [-0.15, -0.1) is 0 Å². The van der Waals surface area contributed by atoms with Gasteiger partial charge in [0.25, 0.3) is 0 Å². The minimum atomic E-state index is -4.52. The van der Waals surface area contributed by atoms with Gasteiger partial charge in [-0.1, -0.05) is 0 Å². The van der Waals surface area contributed by atoms with E-state index < -0.39 is 17.6 Å². The minimum Gasteiger partial charge on any atom is -0.383 e. The summed E-state index contributed by atoms with van der Waals surface area (Å²) in [6, 6.07) is 1.01. The van der Waals surface area contributed by atoms with Crippen molar-refractivity contribution in [1.82, 2.24) is 14.5 Å². The molecule has 2 N–H and O–H groups in total. The summed E-state index contributed by atoms with van der Waals surface area (Å²) in [5, 5.41) is 0. The molecule has 1 fully saturated rings. The van der Waals surface area contributed by atoms with Crippen molar-refractivity contribution >= 4 is 5.82 Å². The van der Waals surface area contributed by atoms with E-state index in [0.717, 1.165) is 18.3 Å². The molecule has 2 heterocycles. The van der Waals surface area contributed by atoms with Crippen LogP contribution < -0.4 is 5.73 Å². The number of anilines is 1. The van der Waals surface area contributed by atoms with Crippen LogP contribution in [-0.4, -0.2) is 14.5 Å². The van der Waals surface area contributed by atoms with E-state index in [0.29, 0.717) is 17.2 Å². The molecule has 0 unspecified atom stereocenters. The van der Waals surface area contributed by atoms with Crippen LogP contribution in [0.3, 0.4) is 0 Å². The van der Waals surface area contributed by atoms with Gasteiger partial charge in [0.05, 0.1) is 11.3 Å². The first-order chi connectivity index (χ1) is 9.84. The maximum Gasteiger partial charge on any atom is 0.419 e. The first-order valence-corrected chi connectivity index (χ1v) is 6.70. The van der Waals surface area contributed by atoms with E-state index >= 15 is 0 Å².